The van der Waals surface area contributed by atoms with E-state index in [2.05, 4.69) is 10.4 Å². The van der Waals surface area contributed by atoms with Gasteiger partial charge in [-0.25, -0.2) is 0 Å². The molecule has 1 aromatic carbocycles. The Morgan fingerprint density at radius 3 is 2.67 bits per heavy atom. The van der Waals surface area contributed by atoms with Gasteiger partial charge in [0.05, 0.1) is 23.6 Å². The average Bonchev–Trinajstić information content (AvgIpc) is 3.44. The third-order valence-electron chi connectivity index (χ3n) is 6.34. The highest BCUT2D eigenvalue weighted by Gasteiger charge is 2.46. The van der Waals surface area contributed by atoms with E-state index in [-0.39, 0.29) is 17.7 Å². The van der Waals surface area contributed by atoms with Crippen LogP contribution in [-0.4, -0.2) is 59.3 Å². The molecule has 7 heteroatoms. The second-order valence-electron chi connectivity index (χ2n) is 8.31. The van der Waals surface area contributed by atoms with Crippen molar-refractivity contribution < 1.29 is 14.3 Å². The van der Waals surface area contributed by atoms with E-state index in [4.69, 9.17) is 4.74 Å². The largest absolute Gasteiger partial charge is 0.381 e. The van der Waals surface area contributed by atoms with Crippen LogP contribution in [0.15, 0.2) is 42.6 Å². The molecule has 1 N–H and O–H groups in total. The van der Waals surface area contributed by atoms with Gasteiger partial charge in [-0.3, -0.25) is 14.3 Å². The Bertz CT molecular complexity index is 874. The van der Waals surface area contributed by atoms with Crippen molar-refractivity contribution in [1.82, 2.24) is 20.0 Å². The second kappa shape index (κ2) is 9.00. The smallest absolute Gasteiger partial charge is 0.233 e. The fourth-order valence-corrected chi connectivity index (χ4v) is 4.59. The van der Waals surface area contributed by atoms with Gasteiger partial charge in [-0.1, -0.05) is 30.3 Å². The number of aromatic nitrogens is 2. The summed E-state index contributed by atoms with van der Waals surface area (Å²) < 4.78 is 7.39. The topological polar surface area (TPSA) is 76.5 Å². The lowest BCUT2D eigenvalue weighted by Gasteiger charge is -2.39. The predicted molar refractivity (Wildman–Crippen MR) is 113 cm³/mol. The number of amides is 2. The fraction of sp³-hybridized carbons (Fsp3) is 0.522. The summed E-state index contributed by atoms with van der Waals surface area (Å²) in [5.74, 6) is 0.00945. The zero-order valence-corrected chi connectivity index (χ0v) is 17.5. The number of likely N-dealkylation sites (tertiary alicyclic amines) is 1. The lowest BCUT2D eigenvalue weighted by atomic mass is 9.73. The van der Waals surface area contributed by atoms with Gasteiger partial charge < -0.3 is 15.0 Å². The Morgan fingerprint density at radius 1 is 1.20 bits per heavy atom. The first-order chi connectivity index (χ1) is 14.6. The standard InChI is InChI=1S/C23H30N4O3/c1-18-7-13-27(25-18)14-11-24-21(28)19-8-12-26(17-19)22(29)23(9-15-30-16-10-23)20-5-3-2-4-6-20/h2-7,13,19H,8-12,14-17H2,1H3,(H,24,28). The van der Waals surface area contributed by atoms with Crippen LogP contribution in [0.1, 0.15) is 30.5 Å². The van der Waals surface area contributed by atoms with Crippen molar-refractivity contribution in [2.24, 2.45) is 5.92 Å². The van der Waals surface area contributed by atoms with Gasteiger partial charge in [0.15, 0.2) is 0 Å². The number of hydrogen-bond donors (Lipinski definition) is 1. The van der Waals surface area contributed by atoms with Crippen molar-refractivity contribution in [3.63, 3.8) is 0 Å². The van der Waals surface area contributed by atoms with Crippen LogP contribution >= 0.6 is 0 Å². The summed E-state index contributed by atoms with van der Waals surface area (Å²) in [4.78, 5) is 28.1. The highest BCUT2D eigenvalue weighted by atomic mass is 16.5. The van der Waals surface area contributed by atoms with Crippen LogP contribution in [0.25, 0.3) is 0 Å². The molecule has 2 saturated heterocycles. The molecule has 0 saturated carbocycles. The normalized spacial score (nSPS) is 20.8. The summed E-state index contributed by atoms with van der Waals surface area (Å²) in [5, 5.41) is 7.34. The monoisotopic (exact) mass is 410 g/mol. The summed E-state index contributed by atoms with van der Waals surface area (Å²) >= 11 is 0. The number of carbonyl (C=O) groups excluding carboxylic acids is 2. The molecule has 160 valence electrons. The average molecular weight is 411 g/mol. The van der Waals surface area contributed by atoms with Crippen LogP contribution < -0.4 is 5.32 Å². The van der Waals surface area contributed by atoms with Crippen molar-refractivity contribution in [2.75, 3.05) is 32.8 Å². The molecule has 4 rings (SSSR count). The van der Waals surface area contributed by atoms with E-state index in [0.29, 0.717) is 58.7 Å². The van der Waals surface area contributed by atoms with E-state index in [1.807, 2.05) is 59.1 Å². The molecule has 1 aromatic heterocycles. The van der Waals surface area contributed by atoms with Crippen molar-refractivity contribution in [1.29, 1.82) is 0 Å². The molecule has 1 atom stereocenters. The molecular formula is C23H30N4O3. The number of hydrogen-bond acceptors (Lipinski definition) is 4. The minimum absolute atomic E-state index is 0.0231. The first kappa shape index (κ1) is 20.6. The highest BCUT2D eigenvalue weighted by molar-refractivity contribution is 5.90. The van der Waals surface area contributed by atoms with Crippen LogP contribution in [-0.2, 0) is 26.3 Å². The van der Waals surface area contributed by atoms with Gasteiger partial charge >= 0.3 is 0 Å². The lowest BCUT2D eigenvalue weighted by Crippen LogP contribution is -2.49. The van der Waals surface area contributed by atoms with Crippen molar-refractivity contribution in [3.05, 3.63) is 53.9 Å². The van der Waals surface area contributed by atoms with Gasteiger partial charge in [-0.2, -0.15) is 5.10 Å². The number of nitrogens with one attached hydrogen (secondary N) is 1. The minimum atomic E-state index is -0.539. The highest BCUT2D eigenvalue weighted by Crippen LogP contribution is 2.38. The zero-order valence-electron chi connectivity index (χ0n) is 17.5. The Labute approximate surface area is 177 Å². The predicted octanol–water partition coefficient (Wildman–Crippen LogP) is 1.90. The third kappa shape index (κ3) is 4.26. The molecule has 0 bridgehead atoms. The molecule has 30 heavy (non-hydrogen) atoms. The Morgan fingerprint density at radius 2 is 1.97 bits per heavy atom. The van der Waals surface area contributed by atoms with E-state index >= 15 is 0 Å². The van der Waals surface area contributed by atoms with Crippen LogP contribution in [0.2, 0.25) is 0 Å². The molecule has 2 aromatic rings. The van der Waals surface area contributed by atoms with E-state index in [1.165, 1.54) is 0 Å². The van der Waals surface area contributed by atoms with Crippen molar-refractivity contribution in [2.45, 2.75) is 38.1 Å². The molecule has 0 aliphatic carbocycles. The van der Waals surface area contributed by atoms with Crippen LogP contribution in [0, 0.1) is 12.8 Å². The molecule has 1 unspecified atom stereocenters. The van der Waals surface area contributed by atoms with Gasteiger partial charge in [0.2, 0.25) is 11.8 Å². The molecule has 2 fully saturated rings. The van der Waals surface area contributed by atoms with Crippen LogP contribution in [0.4, 0.5) is 0 Å². The van der Waals surface area contributed by atoms with Gasteiger partial charge in [0, 0.05) is 39.0 Å². The molecule has 0 spiro atoms. The summed E-state index contributed by atoms with van der Waals surface area (Å²) in [6.45, 7) is 5.42. The Hall–Kier alpha value is -2.67. The van der Waals surface area contributed by atoms with Crippen molar-refractivity contribution in [3.8, 4) is 0 Å². The number of benzene rings is 1. The Kier molecular flexibility index (Phi) is 6.18. The van der Waals surface area contributed by atoms with Gasteiger partial charge in [-0.05, 0) is 37.8 Å². The summed E-state index contributed by atoms with van der Waals surface area (Å²) in [7, 11) is 0. The molecule has 2 aliphatic rings. The van der Waals surface area contributed by atoms with E-state index < -0.39 is 5.41 Å². The van der Waals surface area contributed by atoms with E-state index in [0.717, 1.165) is 11.3 Å². The number of nitrogens with zero attached hydrogens (tertiary/aromatic N) is 3. The first-order valence-corrected chi connectivity index (χ1v) is 10.8. The maximum atomic E-state index is 13.6. The number of aryl methyl sites for hydroxylation is 1. The summed E-state index contributed by atoms with van der Waals surface area (Å²) in [6, 6.07) is 12.0. The summed E-state index contributed by atoms with van der Waals surface area (Å²) in [5.41, 5.74) is 1.48. The number of ether oxygens (including phenoxy) is 1. The van der Waals surface area contributed by atoms with Gasteiger partial charge in [0.1, 0.15) is 0 Å². The van der Waals surface area contributed by atoms with Gasteiger partial charge in [-0.15, -0.1) is 0 Å². The van der Waals surface area contributed by atoms with E-state index in [1.54, 1.807) is 0 Å². The lowest BCUT2D eigenvalue weighted by molar-refractivity contribution is -0.140. The molecule has 2 aliphatic heterocycles. The summed E-state index contributed by atoms with van der Waals surface area (Å²) in [6.07, 6.45) is 3.99. The van der Waals surface area contributed by atoms with Crippen LogP contribution in [0.3, 0.4) is 0 Å². The number of rotatable bonds is 6. The first-order valence-electron chi connectivity index (χ1n) is 10.8. The second-order valence-corrected chi connectivity index (χ2v) is 8.31. The molecule has 0 radical (unpaired) electrons. The molecule has 3 heterocycles. The maximum absolute atomic E-state index is 13.6. The van der Waals surface area contributed by atoms with E-state index in [9.17, 15) is 9.59 Å². The fourth-order valence-electron chi connectivity index (χ4n) is 4.59. The van der Waals surface area contributed by atoms with Crippen LogP contribution in [0.5, 0.6) is 0 Å². The Balaban J connectivity index is 1.36. The maximum Gasteiger partial charge on any atom is 0.233 e. The van der Waals surface area contributed by atoms with Crippen molar-refractivity contribution >= 4 is 11.8 Å². The SMILES string of the molecule is Cc1ccn(CCNC(=O)C2CCN(C(=O)C3(c4ccccc4)CCOCC3)C2)n1. The number of carbonyl (C=O) groups is 2. The zero-order chi connectivity index (χ0) is 21.0. The quantitative estimate of drug-likeness (QED) is 0.789. The molecular weight excluding hydrogens is 380 g/mol. The minimum Gasteiger partial charge on any atom is -0.381 e. The molecule has 7 nitrogen and oxygen atoms in total. The molecule has 2 amide bonds. The van der Waals surface area contributed by atoms with Gasteiger partial charge in [0.25, 0.3) is 0 Å². The third-order valence-corrected chi connectivity index (χ3v) is 6.34.